The summed E-state index contributed by atoms with van der Waals surface area (Å²) >= 11 is 0. The van der Waals surface area contributed by atoms with Crippen LogP contribution in [-0.2, 0) is 65.2 Å². The van der Waals surface area contributed by atoms with Crippen molar-refractivity contribution in [1.82, 2.24) is 20.3 Å². The lowest BCUT2D eigenvalue weighted by Gasteiger charge is -2.47. The number of carbonyl (C=O) groups is 3. The largest absolute Gasteiger partial charge is 0.477 e. The van der Waals surface area contributed by atoms with Gasteiger partial charge in [-0.15, -0.1) is 5.10 Å². The fourth-order valence-corrected chi connectivity index (χ4v) is 6.44. The minimum absolute atomic E-state index is 0.000119. The van der Waals surface area contributed by atoms with Gasteiger partial charge in [0.2, 0.25) is 40.7 Å². The number of hydrogen-bond acceptors (Lipinski definition) is 22. The van der Waals surface area contributed by atoms with Gasteiger partial charge in [-0.05, 0) is 0 Å². The van der Waals surface area contributed by atoms with E-state index in [9.17, 15) is 77.2 Å². The number of aliphatic carboxylic acids is 1. The number of esters is 1. The predicted octanol–water partition coefficient (Wildman–Crippen LogP) is -4.46. The van der Waals surface area contributed by atoms with E-state index >= 15 is 0 Å². The Morgan fingerprint density at radius 1 is 0.824 bits per heavy atom. The van der Waals surface area contributed by atoms with Crippen molar-refractivity contribution in [2.45, 2.75) is 92.8 Å². The van der Waals surface area contributed by atoms with Crippen molar-refractivity contribution in [2.24, 2.45) is 0 Å². The number of nitrogens with one attached hydrogen (secondary N) is 1. The molecule has 1 aromatic carbocycles. The molecule has 1 amide bonds. The second-order valence-corrected chi connectivity index (χ2v) is 14.9. The van der Waals surface area contributed by atoms with E-state index in [0.717, 1.165) is 0 Å². The molecular weight excluding hydrogens is 943 g/mol. The van der Waals surface area contributed by atoms with Crippen LogP contribution in [0.5, 0.6) is 5.75 Å². The van der Waals surface area contributed by atoms with Crippen LogP contribution in [0.15, 0.2) is 6.20 Å². The van der Waals surface area contributed by atoms with E-state index in [1.165, 1.54) is 4.68 Å². The van der Waals surface area contributed by atoms with Gasteiger partial charge >= 0.3 is 11.9 Å². The van der Waals surface area contributed by atoms with E-state index in [4.69, 9.17) is 43.0 Å². The van der Waals surface area contributed by atoms with Crippen molar-refractivity contribution in [3.63, 3.8) is 0 Å². The van der Waals surface area contributed by atoms with Crippen molar-refractivity contribution < 1.29 is 125 Å². The Morgan fingerprint density at radius 3 is 2.00 bits per heavy atom. The number of carbonyl (C=O) groups excluding carboxylic acids is 2. The van der Waals surface area contributed by atoms with Crippen LogP contribution >= 0.6 is 0 Å². The number of benzene rings is 1. The number of amides is 1. The number of aromatic nitrogens is 3. The highest BCUT2D eigenvalue weighted by atomic mass is 19.2. The zero-order chi connectivity index (χ0) is 50.1. The van der Waals surface area contributed by atoms with Gasteiger partial charge in [-0.25, -0.2) is 22.6 Å². The molecule has 2 saturated heterocycles. The summed E-state index contributed by atoms with van der Waals surface area (Å²) in [6.07, 6.45) is -16.4. The summed E-state index contributed by atoms with van der Waals surface area (Å²) in [4.78, 5) is 36.1. The molecule has 0 aliphatic carbocycles. The lowest BCUT2D eigenvalue weighted by molar-refractivity contribution is -0.338. The van der Waals surface area contributed by atoms with Gasteiger partial charge in [0.25, 0.3) is 5.79 Å². The molecular formula is C38H53F5N4O21. The average Bonchev–Trinajstić information content (AvgIpc) is 3.78. The van der Waals surface area contributed by atoms with Crippen LogP contribution in [0.25, 0.3) is 0 Å². The summed E-state index contributed by atoms with van der Waals surface area (Å²) < 4.78 is 116. The van der Waals surface area contributed by atoms with Crippen LogP contribution in [0.1, 0.15) is 18.5 Å². The molecule has 68 heavy (non-hydrogen) atoms. The molecule has 1 aromatic heterocycles. The number of carboxylic acid groups (broad SMARTS) is 1. The number of hydrogen-bond donors (Lipinski definition) is 10. The summed E-state index contributed by atoms with van der Waals surface area (Å²) in [5, 5.41) is 102. The second kappa shape index (κ2) is 27.2. The van der Waals surface area contributed by atoms with Gasteiger partial charge in [0.05, 0.1) is 103 Å². The summed E-state index contributed by atoms with van der Waals surface area (Å²) in [5.74, 6) is -20.2. The maximum absolute atomic E-state index is 13.6. The van der Waals surface area contributed by atoms with Crippen LogP contribution in [0.2, 0.25) is 0 Å². The normalized spacial score (nSPS) is 26.1. The maximum atomic E-state index is 13.6. The van der Waals surface area contributed by atoms with Crippen LogP contribution in [0, 0.1) is 29.1 Å². The molecule has 0 radical (unpaired) electrons. The van der Waals surface area contributed by atoms with E-state index in [-0.39, 0.29) is 65.9 Å². The van der Waals surface area contributed by atoms with Crippen molar-refractivity contribution in [1.29, 1.82) is 0 Å². The molecule has 386 valence electrons. The molecule has 2 fully saturated rings. The third-order valence-corrected chi connectivity index (χ3v) is 10.1. The standard InChI is InChI=1S/C38H53F5N4O21/c39-24-25(40)27(42)34(28(43)26(24)41)67-23(53)2-4-60-7-9-62-11-12-63-10-8-61-6-3-47-14-18(45-46-47)1-5-64-36-33(57)32(56)31(55)21(66-36)17-65-38(37(58)59)13-19(50)29(44-22(52)16-49)35(68-38)30(54)20(51)15-48/h14,19-21,29-33,35-36,48-51,54-57H,1-13,15-17H2,(H,44,52)(H,58,59)/t19?,20?,21-,29?,30?,31+,32+,33-,35?,36-,38?/m1/s1. The third kappa shape index (κ3) is 15.4. The molecule has 2 aliphatic rings. The number of aliphatic hydroxyl groups is 8. The van der Waals surface area contributed by atoms with Crippen molar-refractivity contribution >= 4 is 17.8 Å². The number of rotatable bonds is 29. The Bertz CT molecular complexity index is 1900. The van der Waals surface area contributed by atoms with Gasteiger partial charge in [0.15, 0.2) is 6.29 Å². The van der Waals surface area contributed by atoms with E-state index < -0.39 is 152 Å². The van der Waals surface area contributed by atoms with Gasteiger partial charge in [-0.1, -0.05) is 5.21 Å². The van der Waals surface area contributed by atoms with E-state index in [1.807, 2.05) is 0 Å². The lowest BCUT2D eigenvalue weighted by Crippen LogP contribution is -2.68. The average molecular weight is 997 g/mol. The van der Waals surface area contributed by atoms with Crippen molar-refractivity contribution in [3.8, 4) is 5.75 Å². The molecule has 11 atom stereocenters. The smallest absolute Gasteiger partial charge is 0.364 e. The van der Waals surface area contributed by atoms with Crippen molar-refractivity contribution in [3.05, 3.63) is 41.0 Å². The summed E-state index contributed by atoms with van der Waals surface area (Å²) in [7, 11) is 0. The third-order valence-electron chi connectivity index (χ3n) is 10.1. The molecule has 0 saturated carbocycles. The Hall–Kier alpha value is -4.22. The van der Waals surface area contributed by atoms with E-state index in [2.05, 4.69) is 20.4 Å². The monoisotopic (exact) mass is 996 g/mol. The molecule has 30 heteroatoms. The highest BCUT2D eigenvalue weighted by molar-refractivity contribution is 5.78. The Kier molecular flexibility index (Phi) is 22.6. The first-order chi connectivity index (χ1) is 32.3. The van der Waals surface area contributed by atoms with Crippen LogP contribution in [-0.4, -0.2) is 225 Å². The van der Waals surface area contributed by atoms with Gasteiger partial charge in [0, 0.05) is 19.0 Å². The molecule has 3 heterocycles. The summed E-state index contributed by atoms with van der Waals surface area (Å²) in [6.45, 7) is -2.08. The fourth-order valence-electron chi connectivity index (χ4n) is 6.44. The van der Waals surface area contributed by atoms with Crippen LogP contribution in [0.3, 0.4) is 0 Å². The topological polar surface area (TPSA) is 359 Å². The van der Waals surface area contributed by atoms with E-state index in [0.29, 0.717) is 12.2 Å². The summed E-state index contributed by atoms with van der Waals surface area (Å²) in [6, 6.07) is -1.61. The lowest BCUT2D eigenvalue weighted by atomic mass is 9.88. The van der Waals surface area contributed by atoms with E-state index in [1.54, 1.807) is 6.20 Å². The first-order valence-corrected chi connectivity index (χ1v) is 20.7. The zero-order valence-electron chi connectivity index (χ0n) is 35.8. The number of halogens is 5. The van der Waals surface area contributed by atoms with Gasteiger partial charge < -0.3 is 93.9 Å². The predicted molar refractivity (Wildman–Crippen MR) is 206 cm³/mol. The van der Waals surface area contributed by atoms with Crippen LogP contribution in [0.4, 0.5) is 22.0 Å². The Morgan fingerprint density at radius 2 is 1.41 bits per heavy atom. The van der Waals surface area contributed by atoms with Crippen molar-refractivity contribution in [2.75, 3.05) is 79.3 Å². The van der Waals surface area contributed by atoms with Gasteiger partial charge in [0.1, 0.15) is 49.3 Å². The van der Waals surface area contributed by atoms with Gasteiger partial charge in [-0.3, -0.25) is 9.59 Å². The highest BCUT2D eigenvalue weighted by Gasteiger charge is 2.57. The molecule has 2 aromatic rings. The second-order valence-electron chi connectivity index (χ2n) is 14.9. The molecule has 6 unspecified atom stereocenters. The minimum Gasteiger partial charge on any atom is -0.477 e. The summed E-state index contributed by atoms with van der Waals surface area (Å²) in [5.41, 5.74) is 0.436. The maximum Gasteiger partial charge on any atom is 0.364 e. The first kappa shape index (κ1) is 56.4. The van der Waals surface area contributed by atoms with Gasteiger partial charge in [-0.2, -0.15) is 8.78 Å². The minimum atomic E-state index is -2.83. The molecule has 0 spiro atoms. The molecule has 4 rings (SSSR count). The number of carboxylic acids is 1. The Balaban J connectivity index is 1.09. The SMILES string of the molecule is O=C(CO)NC1C(O)CC(OC[C@H]2O[C@@H](OCCc3cn(CCOCCOCCOCCOCCC(=O)Oc4c(F)c(F)c(F)c(F)c4F)nn3)[C@H](O)[C@@H](O)[C@H]2O)(C(=O)O)OC1C(O)C(O)CO. The molecule has 10 N–H and O–H groups in total. The molecule has 0 bridgehead atoms. The number of aliphatic hydroxyl groups excluding tert-OH is 8. The Labute approximate surface area is 381 Å². The number of ether oxygens (including phenoxy) is 9. The molecule has 2 aliphatic heterocycles. The quantitative estimate of drug-likeness (QED) is 0.00918. The number of nitrogens with zero attached hydrogens (tertiary/aromatic N) is 3. The van der Waals surface area contributed by atoms with Crippen LogP contribution < -0.4 is 10.1 Å². The fraction of sp³-hybridized carbons (Fsp3) is 0.711. The first-order valence-electron chi connectivity index (χ1n) is 20.7. The zero-order valence-corrected chi connectivity index (χ0v) is 35.8. The molecule has 25 nitrogen and oxygen atoms in total. The highest BCUT2D eigenvalue weighted by Crippen LogP contribution is 2.35.